The number of hydrogen-bond donors (Lipinski definition) is 0. The van der Waals surface area contributed by atoms with E-state index in [1.165, 1.54) is 0 Å². The molecule has 1 aliphatic heterocycles. The Labute approximate surface area is 143 Å². The highest BCUT2D eigenvalue weighted by molar-refractivity contribution is 5.99. The van der Waals surface area contributed by atoms with Gasteiger partial charge in [0.1, 0.15) is 17.3 Å². The number of piperidine rings is 1. The van der Waals surface area contributed by atoms with Crippen molar-refractivity contribution < 1.29 is 23.9 Å². The Bertz CT molecular complexity index is 500. The van der Waals surface area contributed by atoms with E-state index in [0.29, 0.717) is 32.5 Å². The van der Waals surface area contributed by atoms with Crippen molar-refractivity contribution in [3.05, 3.63) is 0 Å². The zero-order valence-electron chi connectivity index (χ0n) is 15.2. The average molecular weight is 339 g/mol. The number of hydrogen-bond acceptors (Lipinski definition) is 5. The van der Waals surface area contributed by atoms with Gasteiger partial charge in [0.15, 0.2) is 0 Å². The third-order valence-electron chi connectivity index (χ3n) is 4.97. The second-order valence-electron chi connectivity index (χ2n) is 7.94. The van der Waals surface area contributed by atoms with Crippen LogP contribution in [0.1, 0.15) is 59.8 Å². The van der Waals surface area contributed by atoms with Crippen molar-refractivity contribution in [3.63, 3.8) is 0 Å². The van der Waals surface area contributed by atoms with Gasteiger partial charge in [-0.1, -0.05) is 0 Å². The molecule has 0 radical (unpaired) electrons. The first-order chi connectivity index (χ1) is 11.2. The lowest BCUT2D eigenvalue weighted by atomic mass is 9.64. The molecule has 0 aromatic heterocycles. The van der Waals surface area contributed by atoms with Gasteiger partial charge >= 0.3 is 12.1 Å². The minimum Gasteiger partial charge on any atom is -0.465 e. The van der Waals surface area contributed by atoms with Crippen LogP contribution in [0.2, 0.25) is 0 Å². The Morgan fingerprint density at radius 1 is 1.21 bits per heavy atom. The Kier molecular flexibility index (Phi) is 5.56. The SMILES string of the molecule is CCOC(=O)C1CC2(CCC1=O)CCN(C(=O)OC(C)(C)C)CC2. The lowest BCUT2D eigenvalue weighted by Crippen LogP contribution is -2.48. The van der Waals surface area contributed by atoms with Gasteiger partial charge in [-0.2, -0.15) is 0 Å². The molecular formula is C18H29NO5. The van der Waals surface area contributed by atoms with E-state index in [1.807, 2.05) is 20.8 Å². The highest BCUT2D eigenvalue weighted by Gasteiger charge is 2.46. The summed E-state index contributed by atoms with van der Waals surface area (Å²) in [5, 5.41) is 0. The summed E-state index contributed by atoms with van der Waals surface area (Å²) in [4.78, 5) is 38.0. The summed E-state index contributed by atoms with van der Waals surface area (Å²) < 4.78 is 10.5. The number of ketones is 1. The van der Waals surface area contributed by atoms with Crippen LogP contribution in [0.3, 0.4) is 0 Å². The standard InChI is InChI=1S/C18H29NO5/c1-5-23-15(21)13-12-18(7-6-14(13)20)8-10-19(11-9-18)16(22)24-17(2,3)4/h13H,5-12H2,1-4H3. The van der Waals surface area contributed by atoms with Gasteiger partial charge in [0.25, 0.3) is 0 Å². The number of ether oxygens (including phenoxy) is 2. The summed E-state index contributed by atoms with van der Waals surface area (Å²) >= 11 is 0. The number of nitrogens with zero attached hydrogens (tertiary/aromatic N) is 1. The van der Waals surface area contributed by atoms with Gasteiger partial charge in [-0.05, 0) is 58.8 Å². The van der Waals surface area contributed by atoms with Crippen molar-refractivity contribution in [1.29, 1.82) is 0 Å². The van der Waals surface area contributed by atoms with E-state index in [-0.39, 0.29) is 17.3 Å². The molecule has 6 heteroatoms. The van der Waals surface area contributed by atoms with E-state index in [2.05, 4.69) is 0 Å². The molecule has 1 heterocycles. The first-order valence-corrected chi connectivity index (χ1v) is 8.83. The van der Waals surface area contributed by atoms with Crippen LogP contribution in [0.15, 0.2) is 0 Å². The largest absolute Gasteiger partial charge is 0.465 e. The maximum atomic E-state index is 12.2. The summed E-state index contributed by atoms with van der Waals surface area (Å²) in [6.45, 7) is 8.83. The fraction of sp³-hybridized carbons (Fsp3) is 0.833. The lowest BCUT2D eigenvalue weighted by Gasteiger charge is -2.45. The molecule has 2 fully saturated rings. The minimum absolute atomic E-state index is 0.00588. The van der Waals surface area contributed by atoms with Crippen LogP contribution < -0.4 is 0 Å². The lowest BCUT2D eigenvalue weighted by molar-refractivity contribution is -0.156. The first-order valence-electron chi connectivity index (χ1n) is 8.83. The number of rotatable bonds is 2. The monoisotopic (exact) mass is 339 g/mol. The Hall–Kier alpha value is -1.59. The van der Waals surface area contributed by atoms with E-state index < -0.39 is 17.5 Å². The number of carbonyl (C=O) groups excluding carboxylic acids is 3. The van der Waals surface area contributed by atoms with E-state index in [1.54, 1.807) is 11.8 Å². The summed E-state index contributed by atoms with van der Waals surface area (Å²) in [5.41, 5.74) is -0.539. The topological polar surface area (TPSA) is 72.9 Å². The maximum Gasteiger partial charge on any atom is 0.410 e. The summed E-state index contributed by atoms with van der Waals surface area (Å²) in [6, 6.07) is 0. The predicted molar refractivity (Wildman–Crippen MR) is 88.5 cm³/mol. The quantitative estimate of drug-likeness (QED) is 0.571. The van der Waals surface area contributed by atoms with Gasteiger partial charge in [-0.15, -0.1) is 0 Å². The highest BCUT2D eigenvalue weighted by Crippen LogP contribution is 2.46. The van der Waals surface area contributed by atoms with Gasteiger partial charge in [0, 0.05) is 19.5 Å². The number of carbonyl (C=O) groups is 3. The molecule has 1 saturated heterocycles. The molecule has 2 aliphatic rings. The molecule has 6 nitrogen and oxygen atoms in total. The molecule has 0 bridgehead atoms. The van der Waals surface area contributed by atoms with Gasteiger partial charge in [0.2, 0.25) is 0 Å². The fourth-order valence-corrected chi connectivity index (χ4v) is 3.61. The molecule has 1 spiro atoms. The van der Waals surface area contributed by atoms with Crippen molar-refractivity contribution in [2.45, 2.75) is 65.4 Å². The molecule has 2 rings (SSSR count). The average Bonchev–Trinajstić information content (AvgIpc) is 2.49. The highest BCUT2D eigenvalue weighted by atomic mass is 16.6. The molecule has 1 saturated carbocycles. The molecule has 1 amide bonds. The van der Waals surface area contributed by atoms with Gasteiger partial charge in [-0.3, -0.25) is 9.59 Å². The molecule has 0 aromatic rings. The van der Waals surface area contributed by atoms with Crippen molar-refractivity contribution >= 4 is 17.8 Å². The second kappa shape index (κ2) is 7.11. The van der Waals surface area contributed by atoms with Crippen LogP contribution in [-0.4, -0.2) is 48.0 Å². The molecule has 1 atom stereocenters. The van der Waals surface area contributed by atoms with Crippen LogP contribution in [0, 0.1) is 11.3 Å². The Balaban J connectivity index is 1.95. The van der Waals surface area contributed by atoms with Gasteiger partial charge in [0.05, 0.1) is 6.61 Å². The fourth-order valence-electron chi connectivity index (χ4n) is 3.61. The number of amides is 1. The summed E-state index contributed by atoms with van der Waals surface area (Å²) in [5.74, 6) is -1.03. The van der Waals surface area contributed by atoms with Gasteiger partial charge < -0.3 is 14.4 Å². The number of esters is 1. The number of likely N-dealkylation sites (tertiary alicyclic amines) is 1. The van der Waals surface area contributed by atoms with Crippen molar-refractivity contribution in [2.24, 2.45) is 11.3 Å². The molecule has 0 N–H and O–H groups in total. The molecular weight excluding hydrogens is 310 g/mol. The minimum atomic E-state index is -0.633. The van der Waals surface area contributed by atoms with Crippen LogP contribution in [0.5, 0.6) is 0 Å². The molecule has 0 aromatic carbocycles. The third-order valence-corrected chi connectivity index (χ3v) is 4.97. The first kappa shape index (κ1) is 18.7. The smallest absolute Gasteiger partial charge is 0.410 e. The molecule has 1 unspecified atom stereocenters. The zero-order chi connectivity index (χ0) is 18.0. The number of Topliss-reactive ketones (excluding diaryl/α,β-unsaturated/α-hetero) is 1. The Morgan fingerprint density at radius 2 is 1.83 bits per heavy atom. The van der Waals surface area contributed by atoms with Gasteiger partial charge in [-0.25, -0.2) is 4.79 Å². The predicted octanol–water partition coefficient (Wildman–Crippen LogP) is 2.94. The molecule has 24 heavy (non-hydrogen) atoms. The van der Waals surface area contributed by atoms with E-state index >= 15 is 0 Å². The summed E-state index contributed by atoms with van der Waals surface area (Å²) in [7, 11) is 0. The maximum absolute atomic E-state index is 12.2. The summed E-state index contributed by atoms with van der Waals surface area (Å²) in [6.07, 6.45) is 3.09. The normalized spacial score (nSPS) is 23.9. The van der Waals surface area contributed by atoms with Crippen LogP contribution in [0.4, 0.5) is 4.79 Å². The van der Waals surface area contributed by atoms with E-state index in [0.717, 1.165) is 19.3 Å². The third kappa shape index (κ3) is 4.48. The second-order valence-corrected chi connectivity index (χ2v) is 7.94. The van der Waals surface area contributed by atoms with Crippen LogP contribution in [0.25, 0.3) is 0 Å². The van der Waals surface area contributed by atoms with Crippen LogP contribution in [-0.2, 0) is 19.1 Å². The zero-order valence-corrected chi connectivity index (χ0v) is 15.2. The molecule has 136 valence electrons. The Morgan fingerprint density at radius 3 is 2.38 bits per heavy atom. The van der Waals surface area contributed by atoms with E-state index in [9.17, 15) is 14.4 Å². The van der Waals surface area contributed by atoms with Crippen molar-refractivity contribution in [3.8, 4) is 0 Å². The van der Waals surface area contributed by atoms with Crippen molar-refractivity contribution in [1.82, 2.24) is 4.90 Å². The van der Waals surface area contributed by atoms with Crippen molar-refractivity contribution in [2.75, 3.05) is 19.7 Å². The van der Waals surface area contributed by atoms with E-state index in [4.69, 9.17) is 9.47 Å². The van der Waals surface area contributed by atoms with Crippen LogP contribution >= 0.6 is 0 Å². The molecule has 1 aliphatic carbocycles.